The molecule has 1 aromatic rings. The molecule has 0 bridgehead atoms. The van der Waals surface area contributed by atoms with Gasteiger partial charge in [-0.15, -0.1) is 4.90 Å². The van der Waals surface area contributed by atoms with Gasteiger partial charge in [0, 0.05) is 26.1 Å². The molecular formula is C33H59N4O5+. The summed E-state index contributed by atoms with van der Waals surface area (Å²) in [4.78, 5) is 38.3. The Morgan fingerprint density at radius 1 is 0.857 bits per heavy atom. The van der Waals surface area contributed by atoms with Gasteiger partial charge in [-0.25, -0.2) is 19.0 Å². The van der Waals surface area contributed by atoms with Crippen molar-refractivity contribution in [3.63, 3.8) is 0 Å². The van der Waals surface area contributed by atoms with Gasteiger partial charge in [0.1, 0.15) is 12.7 Å². The van der Waals surface area contributed by atoms with E-state index in [1.807, 2.05) is 19.1 Å². The van der Waals surface area contributed by atoms with E-state index in [1.165, 1.54) is 104 Å². The van der Waals surface area contributed by atoms with Gasteiger partial charge in [-0.3, -0.25) is 0 Å². The van der Waals surface area contributed by atoms with Crippen molar-refractivity contribution in [1.82, 2.24) is 10.6 Å². The molecule has 0 aliphatic rings. The third kappa shape index (κ3) is 16.7. The minimum atomic E-state index is -0.567. The Bertz CT molecular complexity index is 875. The summed E-state index contributed by atoms with van der Waals surface area (Å²) in [5.41, 5.74) is 0.790. The van der Waals surface area contributed by atoms with Gasteiger partial charge in [-0.2, -0.15) is 0 Å². The number of carbonyl (C=O) groups excluding carboxylic acids is 3. The normalized spacial score (nSPS) is 11.6. The second kappa shape index (κ2) is 23.8. The minimum Gasteiger partial charge on any atom is -0.447 e. The monoisotopic (exact) mass is 591 g/mol. The van der Waals surface area contributed by atoms with Crippen LogP contribution in [0.25, 0.3) is 0 Å². The number of rotatable bonds is 23. The van der Waals surface area contributed by atoms with Gasteiger partial charge in [0.25, 0.3) is 5.82 Å². The highest BCUT2D eigenvalue weighted by Crippen LogP contribution is 2.15. The van der Waals surface area contributed by atoms with Crippen molar-refractivity contribution >= 4 is 23.8 Å². The molecule has 9 nitrogen and oxygen atoms in total. The summed E-state index contributed by atoms with van der Waals surface area (Å²) in [6, 6.07) is 3.12. The number of aryl methyl sites for hydroxylation is 2. The Morgan fingerprint density at radius 3 is 1.86 bits per heavy atom. The first-order valence-corrected chi connectivity index (χ1v) is 16.3. The van der Waals surface area contributed by atoms with Crippen molar-refractivity contribution in [2.45, 2.75) is 130 Å². The quantitative estimate of drug-likeness (QED) is 0.107. The summed E-state index contributed by atoms with van der Waals surface area (Å²) in [7, 11) is 3.26. The lowest BCUT2D eigenvalue weighted by molar-refractivity contribution is -0.658. The maximum Gasteiger partial charge on any atom is 0.416 e. The van der Waals surface area contributed by atoms with Gasteiger partial charge in [0.2, 0.25) is 0 Å². The van der Waals surface area contributed by atoms with Gasteiger partial charge >= 0.3 is 18.0 Å². The predicted molar refractivity (Wildman–Crippen MR) is 169 cm³/mol. The number of aromatic nitrogens is 1. The Kier molecular flexibility index (Phi) is 21.2. The Hall–Kier alpha value is -2.68. The molecule has 1 rings (SSSR count). The van der Waals surface area contributed by atoms with Crippen LogP contribution in [0.15, 0.2) is 18.3 Å². The number of urea groups is 1. The Labute approximate surface area is 255 Å². The van der Waals surface area contributed by atoms with Crippen LogP contribution in [-0.4, -0.2) is 50.9 Å². The Morgan fingerprint density at radius 2 is 1.38 bits per heavy atom. The maximum absolute atomic E-state index is 12.8. The van der Waals surface area contributed by atoms with Gasteiger partial charge in [-0.1, -0.05) is 103 Å². The molecule has 1 atom stereocenters. The number of nitrogens with one attached hydrogen (secondary N) is 2. The molecule has 0 saturated carbocycles. The average Bonchev–Trinajstić information content (AvgIpc) is 2.96. The van der Waals surface area contributed by atoms with Crippen LogP contribution in [0.2, 0.25) is 0 Å². The van der Waals surface area contributed by atoms with Crippen LogP contribution in [-0.2, 0) is 21.3 Å². The third-order valence-electron chi connectivity index (χ3n) is 7.59. The highest BCUT2D eigenvalue weighted by molar-refractivity contribution is 6.12. The number of imide groups is 1. The molecule has 1 unspecified atom stereocenters. The number of nitrogens with zero attached hydrogens (tertiary/aromatic N) is 2. The van der Waals surface area contributed by atoms with E-state index in [0.717, 1.165) is 23.3 Å². The highest BCUT2D eigenvalue weighted by atomic mass is 16.6. The number of alkyl carbamates (subject to hydrolysis) is 1. The topological polar surface area (TPSA) is 101 Å². The summed E-state index contributed by atoms with van der Waals surface area (Å²) in [5, 5.41) is 5.50. The number of hydrogen-bond donors (Lipinski definition) is 2. The molecule has 0 aromatic carbocycles. The zero-order chi connectivity index (χ0) is 31.0. The number of carbonyl (C=O) groups is 3. The van der Waals surface area contributed by atoms with Crippen molar-refractivity contribution < 1.29 is 28.4 Å². The molecule has 0 spiro atoms. The molecule has 0 saturated heterocycles. The first-order valence-electron chi connectivity index (χ1n) is 16.3. The number of ether oxygens (including phenoxy) is 2. The molecule has 9 heteroatoms. The van der Waals surface area contributed by atoms with Crippen LogP contribution in [0.4, 0.5) is 15.4 Å². The largest absolute Gasteiger partial charge is 0.447 e. The molecule has 0 radical (unpaired) electrons. The average molecular weight is 592 g/mol. The van der Waals surface area contributed by atoms with Gasteiger partial charge in [0.05, 0.1) is 19.8 Å². The van der Waals surface area contributed by atoms with E-state index in [-0.39, 0.29) is 13.2 Å². The number of hydrogen-bond acceptors (Lipinski definition) is 5. The lowest BCUT2D eigenvalue weighted by Gasteiger charge is -2.19. The number of amides is 4. The fourth-order valence-corrected chi connectivity index (χ4v) is 5.04. The van der Waals surface area contributed by atoms with Crippen LogP contribution in [0.3, 0.4) is 0 Å². The SMILES string of the molecule is CCCCCCCCCCCCCCCCCCNC(=O)OCC(CNC(=O)N(C(C)=O)c1c(C)ccc[n+]1C)OC. The first kappa shape index (κ1) is 37.3. The molecule has 240 valence electrons. The van der Waals surface area contributed by atoms with E-state index in [2.05, 4.69) is 17.6 Å². The van der Waals surface area contributed by atoms with Crippen molar-refractivity contribution in [3.05, 3.63) is 23.9 Å². The molecule has 0 aliphatic heterocycles. The van der Waals surface area contributed by atoms with Crippen LogP contribution in [0.5, 0.6) is 0 Å². The van der Waals surface area contributed by atoms with Crippen LogP contribution in [0.1, 0.15) is 122 Å². The summed E-state index contributed by atoms with van der Waals surface area (Å²) >= 11 is 0. The third-order valence-corrected chi connectivity index (χ3v) is 7.59. The summed E-state index contributed by atoms with van der Waals surface area (Å²) in [5.74, 6) is 0.0808. The standard InChI is InChI=1S/C33H58N4O5/c1-6-7-8-9-10-11-12-13-14-15-16-17-18-19-20-21-24-34-33(40)42-27-30(41-5)26-35-32(39)37(29(3)38)31-28(2)23-22-25-36(31)4/h22-23,25,30H,6-21,24,26-27H2,1-5H3,(H-,34,35,39,40)/p+1. The molecule has 42 heavy (non-hydrogen) atoms. The molecular weight excluding hydrogens is 532 g/mol. The molecule has 0 fully saturated rings. The van der Waals surface area contributed by atoms with E-state index in [0.29, 0.717) is 12.4 Å². The second-order valence-corrected chi connectivity index (χ2v) is 11.4. The van der Waals surface area contributed by atoms with E-state index in [1.54, 1.807) is 17.8 Å². The lowest BCUT2D eigenvalue weighted by Crippen LogP contribution is -2.51. The number of pyridine rings is 1. The van der Waals surface area contributed by atoms with Gasteiger partial charge < -0.3 is 20.1 Å². The van der Waals surface area contributed by atoms with Gasteiger partial charge in [-0.05, 0) is 25.5 Å². The van der Waals surface area contributed by atoms with Crippen molar-refractivity contribution in [2.24, 2.45) is 7.05 Å². The first-order chi connectivity index (χ1) is 20.3. The lowest BCUT2D eigenvalue weighted by atomic mass is 10.0. The Balaban J connectivity index is 2.10. The molecule has 4 amide bonds. The van der Waals surface area contributed by atoms with Crippen molar-refractivity contribution in [1.29, 1.82) is 0 Å². The fraction of sp³-hybridized carbons (Fsp3) is 0.758. The van der Waals surface area contributed by atoms with E-state index in [9.17, 15) is 14.4 Å². The predicted octanol–water partition coefficient (Wildman–Crippen LogP) is 6.88. The zero-order valence-electron chi connectivity index (χ0n) is 27.2. The van der Waals surface area contributed by atoms with E-state index in [4.69, 9.17) is 9.47 Å². The van der Waals surface area contributed by atoms with Gasteiger partial charge in [0.15, 0.2) is 0 Å². The van der Waals surface area contributed by atoms with Crippen LogP contribution in [0, 0.1) is 6.92 Å². The second-order valence-electron chi connectivity index (χ2n) is 11.4. The molecule has 2 N–H and O–H groups in total. The number of unbranched alkanes of at least 4 members (excludes halogenated alkanes) is 15. The maximum atomic E-state index is 12.8. The minimum absolute atomic E-state index is 0.0141. The molecule has 1 heterocycles. The van der Waals surface area contributed by atoms with Crippen LogP contribution < -0.4 is 20.1 Å². The van der Waals surface area contributed by atoms with E-state index >= 15 is 0 Å². The summed E-state index contributed by atoms with van der Waals surface area (Å²) in [6.45, 7) is 6.09. The van der Waals surface area contributed by atoms with Crippen molar-refractivity contribution in [2.75, 3.05) is 31.7 Å². The fourth-order valence-electron chi connectivity index (χ4n) is 5.04. The number of methoxy groups -OCH3 is 1. The molecule has 1 aromatic heterocycles. The van der Waals surface area contributed by atoms with E-state index < -0.39 is 24.1 Å². The summed E-state index contributed by atoms with van der Waals surface area (Å²) < 4.78 is 12.3. The highest BCUT2D eigenvalue weighted by Gasteiger charge is 2.33. The van der Waals surface area contributed by atoms with Crippen molar-refractivity contribution in [3.8, 4) is 0 Å². The molecule has 0 aliphatic carbocycles. The van der Waals surface area contributed by atoms with Crippen LogP contribution >= 0.6 is 0 Å². The summed E-state index contributed by atoms with van der Waals surface area (Å²) in [6.07, 6.45) is 21.7. The number of anilines is 1. The smallest absolute Gasteiger partial charge is 0.416 e. The zero-order valence-corrected chi connectivity index (χ0v) is 27.2.